The third-order valence-electron chi connectivity index (χ3n) is 3.33. The molecule has 2 atom stereocenters. The monoisotopic (exact) mass is 333 g/mol. The first kappa shape index (κ1) is 15.6. The Labute approximate surface area is 138 Å². The summed E-state index contributed by atoms with van der Waals surface area (Å²) in [6.45, 7) is 5.63. The molecule has 2 heterocycles. The molecule has 7 nitrogen and oxygen atoms in total. The van der Waals surface area contributed by atoms with E-state index in [9.17, 15) is 0 Å². The standard InChI is InChI=1S/C15H16ClN5O2/c1-8(17-9(2)14-20-19-10(3)22-14)13-18-15(23-21-13)11-4-6-12(16)7-5-11/h4-9,17H,1-3H3/t8-,9+/m1/s1. The van der Waals surface area contributed by atoms with E-state index in [0.717, 1.165) is 5.56 Å². The number of aryl methyl sites for hydroxylation is 1. The molecule has 23 heavy (non-hydrogen) atoms. The smallest absolute Gasteiger partial charge is 0.257 e. The fourth-order valence-electron chi connectivity index (χ4n) is 2.13. The maximum absolute atomic E-state index is 5.88. The van der Waals surface area contributed by atoms with Gasteiger partial charge in [-0.2, -0.15) is 4.98 Å². The van der Waals surface area contributed by atoms with Crippen molar-refractivity contribution < 1.29 is 8.94 Å². The lowest BCUT2D eigenvalue weighted by Crippen LogP contribution is -2.23. The Bertz CT molecular complexity index is 783. The average molecular weight is 334 g/mol. The SMILES string of the molecule is Cc1nnc([C@H](C)N[C@H](C)c2noc(-c3ccc(Cl)cc3)n2)o1. The number of hydrogen-bond acceptors (Lipinski definition) is 7. The maximum atomic E-state index is 5.88. The summed E-state index contributed by atoms with van der Waals surface area (Å²) in [5.41, 5.74) is 0.820. The molecule has 0 fully saturated rings. The first-order chi connectivity index (χ1) is 11.0. The Morgan fingerprint density at radius 2 is 1.83 bits per heavy atom. The molecule has 0 saturated carbocycles. The fourth-order valence-corrected chi connectivity index (χ4v) is 2.25. The van der Waals surface area contributed by atoms with Gasteiger partial charge in [0.05, 0.1) is 12.1 Å². The normalized spacial score (nSPS) is 13.9. The van der Waals surface area contributed by atoms with Gasteiger partial charge in [-0.1, -0.05) is 16.8 Å². The summed E-state index contributed by atoms with van der Waals surface area (Å²) in [6.07, 6.45) is 0. The lowest BCUT2D eigenvalue weighted by atomic mass is 10.2. The lowest BCUT2D eigenvalue weighted by molar-refractivity contribution is 0.362. The zero-order valence-corrected chi connectivity index (χ0v) is 13.7. The number of hydrogen-bond donors (Lipinski definition) is 1. The van der Waals surface area contributed by atoms with E-state index in [1.165, 1.54) is 0 Å². The molecule has 1 N–H and O–H groups in total. The van der Waals surface area contributed by atoms with Crippen molar-refractivity contribution in [3.8, 4) is 11.5 Å². The number of aromatic nitrogens is 4. The predicted octanol–water partition coefficient (Wildman–Crippen LogP) is 3.49. The topological polar surface area (TPSA) is 89.9 Å². The summed E-state index contributed by atoms with van der Waals surface area (Å²) in [5, 5.41) is 15.8. The third kappa shape index (κ3) is 3.57. The number of rotatable bonds is 5. The van der Waals surface area contributed by atoms with Gasteiger partial charge in [0.2, 0.25) is 11.8 Å². The molecular weight excluding hydrogens is 318 g/mol. The predicted molar refractivity (Wildman–Crippen MR) is 83.7 cm³/mol. The van der Waals surface area contributed by atoms with E-state index in [4.69, 9.17) is 20.5 Å². The van der Waals surface area contributed by atoms with Crippen LogP contribution in [-0.2, 0) is 0 Å². The van der Waals surface area contributed by atoms with Gasteiger partial charge in [0, 0.05) is 17.5 Å². The van der Waals surface area contributed by atoms with Crippen molar-refractivity contribution in [2.75, 3.05) is 0 Å². The molecule has 0 aliphatic rings. The van der Waals surface area contributed by atoms with E-state index in [0.29, 0.717) is 28.5 Å². The molecule has 2 aromatic heterocycles. The van der Waals surface area contributed by atoms with Crippen LogP contribution in [0.1, 0.15) is 43.5 Å². The Morgan fingerprint density at radius 3 is 2.48 bits per heavy atom. The molecule has 0 bridgehead atoms. The van der Waals surface area contributed by atoms with Gasteiger partial charge in [-0.25, -0.2) is 0 Å². The Morgan fingerprint density at radius 1 is 1.09 bits per heavy atom. The summed E-state index contributed by atoms with van der Waals surface area (Å²) in [4.78, 5) is 4.41. The van der Waals surface area contributed by atoms with Gasteiger partial charge in [-0.3, -0.25) is 5.32 Å². The molecule has 0 saturated heterocycles. The molecule has 0 amide bonds. The highest BCUT2D eigenvalue weighted by molar-refractivity contribution is 6.30. The van der Waals surface area contributed by atoms with Crippen LogP contribution in [0.5, 0.6) is 0 Å². The second kappa shape index (κ2) is 6.47. The minimum atomic E-state index is -0.137. The van der Waals surface area contributed by atoms with Gasteiger partial charge in [-0.15, -0.1) is 10.2 Å². The van der Waals surface area contributed by atoms with E-state index in [-0.39, 0.29) is 12.1 Å². The van der Waals surface area contributed by atoms with Crippen LogP contribution in [0.2, 0.25) is 5.02 Å². The minimum absolute atomic E-state index is 0.122. The molecular formula is C15H16ClN5O2. The van der Waals surface area contributed by atoms with E-state index >= 15 is 0 Å². The Hall–Kier alpha value is -2.25. The molecule has 3 rings (SSSR count). The van der Waals surface area contributed by atoms with Gasteiger partial charge in [-0.05, 0) is 38.1 Å². The average Bonchev–Trinajstić information content (AvgIpc) is 3.17. The summed E-state index contributed by atoms with van der Waals surface area (Å²) >= 11 is 5.88. The second-order valence-corrected chi connectivity index (χ2v) is 5.67. The van der Waals surface area contributed by atoms with E-state index < -0.39 is 0 Å². The highest BCUT2D eigenvalue weighted by atomic mass is 35.5. The summed E-state index contributed by atoms with van der Waals surface area (Å²) in [5.74, 6) is 2.06. The Kier molecular flexibility index (Phi) is 4.40. The van der Waals surface area contributed by atoms with Crippen LogP contribution >= 0.6 is 11.6 Å². The zero-order chi connectivity index (χ0) is 16.4. The highest BCUT2D eigenvalue weighted by Crippen LogP contribution is 2.22. The van der Waals surface area contributed by atoms with Gasteiger partial charge >= 0.3 is 0 Å². The first-order valence-electron chi connectivity index (χ1n) is 7.18. The van der Waals surface area contributed by atoms with Gasteiger partial charge in [0.25, 0.3) is 5.89 Å². The summed E-state index contributed by atoms with van der Waals surface area (Å²) in [7, 11) is 0. The van der Waals surface area contributed by atoms with Crippen LogP contribution in [0.3, 0.4) is 0 Å². The van der Waals surface area contributed by atoms with Crippen molar-refractivity contribution in [2.45, 2.75) is 32.9 Å². The van der Waals surface area contributed by atoms with Crippen LogP contribution in [0.25, 0.3) is 11.5 Å². The molecule has 8 heteroatoms. The molecule has 0 unspecified atom stereocenters. The van der Waals surface area contributed by atoms with Gasteiger partial charge in [0.1, 0.15) is 0 Å². The van der Waals surface area contributed by atoms with Crippen LogP contribution in [0.15, 0.2) is 33.2 Å². The zero-order valence-electron chi connectivity index (χ0n) is 12.9. The maximum Gasteiger partial charge on any atom is 0.257 e. The fraction of sp³-hybridized carbons (Fsp3) is 0.333. The summed E-state index contributed by atoms with van der Waals surface area (Å²) in [6, 6.07) is 6.97. The molecule has 120 valence electrons. The highest BCUT2D eigenvalue weighted by Gasteiger charge is 2.20. The van der Waals surface area contributed by atoms with Crippen LogP contribution < -0.4 is 5.32 Å². The molecule has 0 spiro atoms. The van der Waals surface area contributed by atoms with Crippen molar-refractivity contribution >= 4 is 11.6 Å². The van der Waals surface area contributed by atoms with E-state index in [1.54, 1.807) is 19.1 Å². The quantitative estimate of drug-likeness (QED) is 0.764. The first-order valence-corrected chi connectivity index (χ1v) is 7.56. The number of halogens is 1. The van der Waals surface area contributed by atoms with E-state index in [2.05, 4.69) is 25.7 Å². The van der Waals surface area contributed by atoms with Crippen LogP contribution in [0.4, 0.5) is 0 Å². The Balaban J connectivity index is 1.70. The second-order valence-electron chi connectivity index (χ2n) is 5.23. The van der Waals surface area contributed by atoms with Crippen molar-refractivity contribution in [3.05, 3.63) is 46.9 Å². The van der Waals surface area contributed by atoms with Gasteiger partial charge in [0.15, 0.2) is 5.82 Å². The minimum Gasteiger partial charge on any atom is -0.424 e. The largest absolute Gasteiger partial charge is 0.424 e. The summed E-state index contributed by atoms with van der Waals surface area (Å²) < 4.78 is 10.7. The van der Waals surface area contributed by atoms with Crippen molar-refractivity contribution in [1.82, 2.24) is 25.7 Å². The van der Waals surface area contributed by atoms with Gasteiger partial charge < -0.3 is 8.94 Å². The van der Waals surface area contributed by atoms with Crippen molar-refractivity contribution in [2.24, 2.45) is 0 Å². The number of benzene rings is 1. The molecule has 3 aromatic rings. The van der Waals surface area contributed by atoms with Crippen molar-refractivity contribution in [1.29, 1.82) is 0 Å². The molecule has 0 radical (unpaired) electrons. The molecule has 0 aliphatic carbocycles. The van der Waals surface area contributed by atoms with E-state index in [1.807, 2.05) is 26.0 Å². The lowest BCUT2D eigenvalue weighted by Gasteiger charge is -2.13. The van der Waals surface area contributed by atoms with Crippen LogP contribution in [0, 0.1) is 6.92 Å². The van der Waals surface area contributed by atoms with Crippen molar-refractivity contribution in [3.63, 3.8) is 0 Å². The number of nitrogens with zero attached hydrogens (tertiary/aromatic N) is 4. The third-order valence-corrected chi connectivity index (χ3v) is 3.58. The number of nitrogens with one attached hydrogen (secondary N) is 1. The van der Waals surface area contributed by atoms with Crippen LogP contribution in [-0.4, -0.2) is 20.3 Å². The molecule has 0 aliphatic heterocycles. The molecule has 1 aromatic carbocycles.